The van der Waals surface area contributed by atoms with Crippen LogP contribution in [-0.4, -0.2) is 25.7 Å². The van der Waals surface area contributed by atoms with Crippen LogP contribution in [-0.2, 0) is 9.53 Å². The van der Waals surface area contributed by atoms with Crippen LogP contribution >= 0.6 is 0 Å². The molecule has 0 radical (unpaired) electrons. The lowest BCUT2D eigenvalue weighted by atomic mass is 10.1. The van der Waals surface area contributed by atoms with Gasteiger partial charge in [-0.1, -0.05) is 104 Å². The first-order valence-electron chi connectivity index (χ1n) is 12.7. The lowest BCUT2D eigenvalue weighted by Crippen LogP contribution is -2.16. The molecule has 0 aromatic rings. The van der Waals surface area contributed by atoms with Crippen LogP contribution < -0.4 is 5.32 Å². The Bertz CT molecular complexity index is 307. The fourth-order valence-electron chi connectivity index (χ4n) is 3.52. The molecule has 0 rings (SSSR count). The molecule has 28 heavy (non-hydrogen) atoms. The molecule has 1 N–H and O–H groups in total. The second-order valence-corrected chi connectivity index (χ2v) is 8.38. The first-order chi connectivity index (χ1) is 13.8. The Labute approximate surface area is 176 Å². The van der Waals surface area contributed by atoms with E-state index in [1.165, 1.54) is 103 Å². The van der Waals surface area contributed by atoms with Gasteiger partial charge in [0.15, 0.2) is 0 Å². The average Bonchev–Trinajstić information content (AvgIpc) is 2.70. The number of rotatable bonds is 23. The largest absolute Gasteiger partial charge is 0.466 e. The van der Waals surface area contributed by atoms with Crippen LogP contribution in [0.4, 0.5) is 0 Å². The highest BCUT2D eigenvalue weighted by Crippen LogP contribution is 2.09. The Balaban J connectivity index is 3.12. The molecule has 0 heterocycles. The lowest BCUT2D eigenvalue weighted by Gasteiger charge is -2.06. The van der Waals surface area contributed by atoms with Crippen LogP contribution in [0.1, 0.15) is 136 Å². The van der Waals surface area contributed by atoms with Crippen LogP contribution in [0.5, 0.6) is 0 Å². The molecule has 0 atom stereocenters. The van der Waals surface area contributed by atoms with E-state index in [9.17, 15) is 4.79 Å². The third kappa shape index (κ3) is 23.5. The predicted octanol–water partition coefficient (Wildman–Crippen LogP) is 7.57. The van der Waals surface area contributed by atoms with Crippen LogP contribution in [0.15, 0.2) is 0 Å². The molecular formula is C25H51NO2. The summed E-state index contributed by atoms with van der Waals surface area (Å²) in [5, 5.41) is 3.56. The number of unbranched alkanes of at least 4 members (excludes halogenated alkanes) is 15. The molecule has 0 aliphatic rings. The smallest absolute Gasteiger partial charge is 0.305 e. The van der Waals surface area contributed by atoms with Gasteiger partial charge in [-0.2, -0.15) is 0 Å². The molecule has 3 heteroatoms. The molecular weight excluding hydrogens is 346 g/mol. The Morgan fingerprint density at radius 2 is 1.00 bits per heavy atom. The molecule has 0 fully saturated rings. The fraction of sp³-hybridized carbons (Fsp3) is 0.960. The van der Waals surface area contributed by atoms with Crippen molar-refractivity contribution in [2.75, 3.05) is 19.7 Å². The molecule has 0 amide bonds. The van der Waals surface area contributed by atoms with E-state index in [0.29, 0.717) is 13.0 Å². The molecule has 3 nitrogen and oxygen atoms in total. The highest BCUT2D eigenvalue weighted by Gasteiger charge is 2.02. The summed E-state index contributed by atoms with van der Waals surface area (Å²) in [4.78, 5) is 11.7. The minimum Gasteiger partial charge on any atom is -0.466 e. The van der Waals surface area contributed by atoms with Gasteiger partial charge in [0, 0.05) is 6.42 Å². The summed E-state index contributed by atoms with van der Waals surface area (Å²) in [7, 11) is 0. The standard InChI is InChI=1S/C25H51NO2/c1-3-5-7-9-11-16-20-24-28-25(27)21-17-13-12-15-19-23-26-22-18-14-10-8-6-4-2/h26H,3-24H2,1-2H3. The molecule has 168 valence electrons. The van der Waals surface area contributed by atoms with E-state index in [4.69, 9.17) is 4.74 Å². The molecule has 0 aromatic heterocycles. The normalized spacial score (nSPS) is 11.1. The van der Waals surface area contributed by atoms with Crippen molar-refractivity contribution in [3.63, 3.8) is 0 Å². The van der Waals surface area contributed by atoms with E-state index in [0.717, 1.165) is 25.8 Å². The highest BCUT2D eigenvalue weighted by atomic mass is 16.5. The average molecular weight is 398 g/mol. The maximum absolute atomic E-state index is 11.7. The van der Waals surface area contributed by atoms with Crippen LogP contribution in [0, 0.1) is 0 Å². The summed E-state index contributed by atoms with van der Waals surface area (Å²) in [5.41, 5.74) is 0. The summed E-state index contributed by atoms with van der Waals surface area (Å²) < 4.78 is 5.33. The Morgan fingerprint density at radius 3 is 1.54 bits per heavy atom. The van der Waals surface area contributed by atoms with E-state index in [-0.39, 0.29) is 5.97 Å². The number of hydrogen-bond donors (Lipinski definition) is 1. The summed E-state index contributed by atoms with van der Waals surface area (Å²) >= 11 is 0. The minimum atomic E-state index is 0.00610. The lowest BCUT2D eigenvalue weighted by molar-refractivity contribution is -0.143. The third-order valence-corrected chi connectivity index (χ3v) is 5.45. The molecule has 0 spiro atoms. The SMILES string of the molecule is CCCCCCCCCOC(=O)CCCCCCCNCCCCCCCC. The zero-order chi connectivity index (χ0) is 20.5. The first kappa shape index (κ1) is 27.4. The van der Waals surface area contributed by atoms with E-state index >= 15 is 0 Å². The number of esters is 1. The van der Waals surface area contributed by atoms with Gasteiger partial charge in [-0.15, -0.1) is 0 Å². The van der Waals surface area contributed by atoms with Gasteiger partial charge in [-0.25, -0.2) is 0 Å². The molecule has 0 saturated carbocycles. The van der Waals surface area contributed by atoms with E-state index in [1.54, 1.807) is 0 Å². The molecule has 0 aliphatic carbocycles. The van der Waals surface area contributed by atoms with Crippen molar-refractivity contribution < 1.29 is 9.53 Å². The fourth-order valence-corrected chi connectivity index (χ4v) is 3.52. The van der Waals surface area contributed by atoms with Gasteiger partial charge in [-0.05, 0) is 38.8 Å². The zero-order valence-corrected chi connectivity index (χ0v) is 19.4. The monoisotopic (exact) mass is 397 g/mol. The Morgan fingerprint density at radius 1 is 0.571 bits per heavy atom. The molecule has 0 aromatic carbocycles. The van der Waals surface area contributed by atoms with Crippen molar-refractivity contribution in [1.29, 1.82) is 0 Å². The van der Waals surface area contributed by atoms with Crippen LogP contribution in [0.2, 0.25) is 0 Å². The second-order valence-electron chi connectivity index (χ2n) is 8.38. The van der Waals surface area contributed by atoms with E-state index in [2.05, 4.69) is 19.2 Å². The van der Waals surface area contributed by atoms with Crippen molar-refractivity contribution in [2.45, 2.75) is 136 Å². The zero-order valence-electron chi connectivity index (χ0n) is 19.4. The van der Waals surface area contributed by atoms with Crippen molar-refractivity contribution in [1.82, 2.24) is 5.32 Å². The van der Waals surface area contributed by atoms with Crippen LogP contribution in [0.3, 0.4) is 0 Å². The maximum Gasteiger partial charge on any atom is 0.305 e. The Kier molecular flexibility index (Phi) is 24.0. The van der Waals surface area contributed by atoms with Gasteiger partial charge in [0.1, 0.15) is 0 Å². The van der Waals surface area contributed by atoms with Crippen LogP contribution in [0.25, 0.3) is 0 Å². The number of ether oxygens (including phenoxy) is 1. The molecule has 0 saturated heterocycles. The predicted molar refractivity (Wildman–Crippen MR) is 123 cm³/mol. The summed E-state index contributed by atoms with van der Waals surface area (Å²) in [6.07, 6.45) is 23.6. The van der Waals surface area contributed by atoms with Gasteiger partial charge in [-0.3, -0.25) is 4.79 Å². The van der Waals surface area contributed by atoms with Gasteiger partial charge < -0.3 is 10.1 Å². The van der Waals surface area contributed by atoms with E-state index < -0.39 is 0 Å². The van der Waals surface area contributed by atoms with Gasteiger partial charge in [0.2, 0.25) is 0 Å². The van der Waals surface area contributed by atoms with Crippen molar-refractivity contribution in [3.05, 3.63) is 0 Å². The van der Waals surface area contributed by atoms with Crippen molar-refractivity contribution >= 4 is 5.97 Å². The topological polar surface area (TPSA) is 38.3 Å². The van der Waals surface area contributed by atoms with Gasteiger partial charge in [0.25, 0.3) is 0 Å². The highest BCUT2D eigenvalue weighted by molar-refractivity contribution is 5.69. The van der Waals surface area contributed by atoms with Crippen molar-refractivity contribution in [3.8, 4) is 0 Å². The summed E-state index contributed by atoms with van der Waals surface area (Å²) in [6, 6.07) is 0. The Hall–Kier alpha value is -0.570. The number of hydrogen-bond acceptors (Lipinski definition) is 3. The maximum atomic E-state index is 11.7. The summed E-state index contributed by atoms with van der Waals surface area (Å²) in [6.45, 7) is 7.46. The number of nitrogens with one attached hydrogen (secondary N) is 1. The van der Waals surface area contributed by atoms with E-state index in [1.807, 2.05) is 0 Å². The van der Waals surface area contributed by atoms with Gasteiger partial charge >= 0.3 is 5.97 Å². The first-order valence-corrected chi connectivity index (χ1v) is 12.7. The quantitative estimate of drug-likeness (QED) is 0.143. The number of carbonyl (C=O) groups excluding carboxylic acids is 1. The minimum absolute atomic E-state index is 0.00610. The molecule has 0 unspecified atom stereocenters. The van der Waals surface area contributed by atoms with Gasteiger partial charge in [0.05, 0.1) is 6.61 Å². The second kappa shape index (κ2) is 24.5. The number of carbonyl (C=O) groups is 1. The molecule has 0 bridgehead atoms. The third-order valence-electron chi connectivity index (χ3n) is 5.45. The summed E-state index contributed by atoms with van der Waals surface area (Å²) in [5.74, 6) is 0.00610. The van der Waals surface area contributed by atoms with Crippen molar-refractivity contribution in [2.24, 2.45) is 0 Å². The molecule has 0 aliphatic heterocycles.